The van der Waals surface area contributed by atoms with Crippen LogP contribution in [0, 0.1) is 0 Å². The van der Waals surface area contributed by atoms with Gasteiger partial charge in [0.25, 0.3) is 6.01 Å². The Morgan fingerprint density at radius 3 is 3.07 bits per heavy atom. The minimum Gasteiger partial charge on any atom is -0.493 e. The summed E-state index contributed by atoms with van der Waals surface area (Å²) < 4.78 is 10.7. The molecule has 3 rings (SSSR count). The molecule has 0 aliphatic carbocycles. The number of oxazole rings is 1. The van der Waals surface area contributed by atoms with Crippen LogP contribution in [0.3, 0.4) is 0 Å². The third-order valence-corrected chi connectivity index (χ3v) is 2.50. The van der Waals surface area contributed by atoms with Crippen LogP contribution in [-0.2, 0) is 6.42 Å². The molecule has 0 spiro atoms. The summed E-state index contributed by atoms with van der Waals surface area (Å²) in [4.78, 5) is 3.87. The molecule has 0 unspecified atom stereocenters. The molecular weight excluding hydrogens is 192 g/mol. The molecule has 0 bridgehead atoms. The number of aromatic nitrogens is 1. The summed E-state index contributed by atoms with van der Waals surface area (Å²) in [6, 6.07) is 6.16. The van der Waals surface area contributed by atoms with E-state index in [-0.39, 0.29) is 6.01 Å². The van der Waals surface area contributed by atoms with Crippen molar-refractivity contribution >= 4 is 6.01 Å². The summed E-state index contributed by atoms with van der Waals surface area (Å²) in [5, 5.41) is 0. The van der Waals surface area contributed by atoms with Gasteiger partial charge in [0.15, 0.2) is 5.76 Å². The molecule has 1 aromatic heterocycles. The Labute approximate surface area is 86.7 Å². The van der Waals surface area contributed by atoms with Crippen molar-refractivity contribution in [2.45, 2.75) is 6.42 Å². The van der Waals surface area contributed by atoms with Crippen molar-refractivity contribution in [2.24, 2.45) is 0 Å². The molecule has 0 atom stereocenters. The molecule has 4 heteroatoms. The summed E-state index contributed by atoms with van der Waals surface area (Å²) >= 11 is 0. The van der Waals surface area contributed by atoms with Gasteiger partial charge in [-0.2, -0.15) is 0 Å². The van der Waals surface area contributed by atoms with Gasteiger partial charge in [-0.3, -0.25) is 0 Å². The van der Waals surface area contributed by atoms with Gasteiger partial charge in [0, 0.05) is 12.0 Å². The fourth-order valence-corrected chi connectivity index (χ4v) is 1.76. The number of hydrogen-bond donors (Lipinski definition) is 1. The SMILES string of the molecule is Nc1ncc(-c2ccc3c(c2)CCO3)o1. The predicted octanol–water partition coefficient (Wildman–Crippen LogP) is 1.86. The Balaban J connectivity index is 2.06. The van der Waals surface area contributed by atoms with Crippen LogP contribution in [0.15, 0.2) is 28.8 Å². The van der Waals surface area contributed by atoms with Crippen LogP contribution in [0.2, 0.25) is 0 Å². The topological polar surface area (TPSA) is 61.3 Å². The molecule has 1 aromatic carbocycles. The molecule has 0 saturated heterocycles. The van der Waals surface area contributed by atoms with E-state index < -0.39 is 0 Å². The number of nitrogens with two attached hydrogens (primary N) is 1. The van der Waals surface area contributed by atoms with Gasteiger partial charge < -0.3 is 14.9 Å². The number of hydrogen-bond acceptors (Lipinski definition) is 4. The lowest BCUT2D eigenvalue weighted by Crippen LogP contribution is -1.85. The standard InChI is InChI=1S/C11H10N2O2/c12-11-13-6-10(15-11)7-1-2-9-8(5-7)3-4-14-9/h1-2,5-6H,3-4H2,(H2,12,13). The first-order chi connectivity index (χ1) is 7.33. The number of fused-ring (bicyclic) bond motifs is 1. The maximum absolute atomic E-state index is 5.43. The third kappa shape index (κ3) is 1.34. The van der Waals surface area contributed by atoms with E-state index in [1.54, 1.807) is 6.20 Å². The van der Waals surface area contributed by atoms with Crippen LogP contribution in [0.4, 0.5) is 6.01 Å². The molecule has 0 amide bonds. The Morgan fingerprint density at radius 2 is 2.27 bits per heavy atom. The van der Waals surface area contributed by atoms with E-state index in [1.165, 1.54) is 5.56 Å². The minimum absolute atomic E-state index is 0.196. The van der Waals surface area contributed by atoms with Crippen molar-refractivity contribution in [1.29, 1.82) is 0 Å². The average molecular weight is 202 g/mol. The molecule has 4 nitrogen and oxygen atoms in total. The lowest BCUT2D eigenvalue weighted by Gasteiger charge is -2.00. The Morgan fingerprint density at radius 1 is 1.33 bits per heavy atom. The normalized spacial score (nSPS) is 13.6. The zero-order valence-electron chi connectivity index (χ0n) is 8.06. The van der Waals surface area contributed by atoms with E-state index in [2.05, 4.69) is 11.1 Å². The maximum Gasteiger partial charge on any atom is 0.292 e. The van der Waals surface area contributed by atoms with Crippen LogP contribution < -0.4 is 10.5 Å². The molecule has 2 heterocycles. The number of anilines is 1. The molecule has 0 radical (unpaired) electrons. The van der Waals surface area contributed by atoms with Gasteiger partial charge in [0.1, 0.15) is 5.75 Å². The predicted molar refractivity (Wildman–Crippen MR) is 55.6 cm³/mol. The molecule has 0 saturated carbocycles. The Bertz CT molecular complexity index is 505. The average Bonchev–Trinajstić information content (AvgIpc) is 2.84. The minimum atomic E-state index is 0.196. The first kappa shape index (κ1) is 8.35. The summed E-state index contributed by atoms with van der Waals surface area (Å²) in [6.45, 7) is 0.761. The van der Waals surface area contributed by atoms with Crippen molar-refractivity contribution < 1.29 is 9.15 Å². The fraction of sp³-hybridized carbons (Fsp3) is 0.182. The second-order valence-corrected chi connectivity index (χ2v) is 3.48. The van der Waals surface area contributed by atoms with Crippen molar-refractivity contribution in [3.63, 3.8) is 0 Å². The lowest BCUT2D eigenvalue weighted by atomic mass is 10.1. The molecule has 1 aliphatic heterocycles. The zero-order chi connectivity index (χ0) is 10.3. The lowest BCUT2D eigenvalue weighted by molar-refractivity contribution is 0.357. The summed E-state index contributed by atoms with van der Waals surface area (Å²) in [5.74, 6) is 1.66. The van der Waals surface area contributed by atoms with Crippen LogP contribution in [0.25, 0.3) is 11.3 Å². The van der Waals surface area contributed by atoms with E-state index >= 15 is 0 Å². The van der Waals surface area contributed by atoms with Crippen LogP contribution >= 0.6 is 0 Å². The molecule has 1 aliphatic rings. The molecule has 2 aromatic rings. The fourth-order valence-electron chi connectivity index (χ4n) is 1.76. The van der Waals surface area contributed by atoms with Crippen molar-refractivity contribution in [1.82, 2.24) is 4.98 Å². The first-order valence-electron chi connectivity index (χ1n) is 4.80. The van der Waals surface area contributed by atoms with Gasteiger partial charge >= 0.3 is 0 Å². The number of rotatable bonds is 1. The molecule has 15 heavy (non-hydrogen) atoms. The van der Waals surface area contributed by atoms with Crippen LogP contribution in [-0.4, -0.2) is 11.6 Å². The summed E-state index contributed by atoms with van der Waals surface area (Å²) in [6.07, 6.45) is 2.58. The third-order valence-electron chi connectivity index (χ3n) is 2.50. The second-order valence-electron chi connectivity index (χ2n) is 3.48. The van der Waals surface area contributed by atoms with E-state index in [4.69, 9.17) is 14.9 Å². The van der Waals surface area contributed by atoms with Gasteiger partial charge in [0.2, 0.25) is 0 Å². The number of nitrogen functional groups attached to an aromatic ring is 1. The van der Waals surface area contributed by atoms with E-state index in [0.29, 0.717) is 5.76 Å². The van der Waals surface area contributed by atoms with E-state index in [0.717, 1.165) is 24.3 Å². The van der Waals surface area contributed by atoms with E-state index in [1.807, 2.05) is 12.1 Å². The number of ether oxygens (including phenoxy) is 1. The van der Waals surface area contributed by atoms with Crippen molar-refractivity contribution in [3.05, 3.63) is 30.0 Å². The molecule has 2 N–H and O–H groups in total. The zero-order valence-corrected chi connectivity index (χ0v) is 8.06. The monoisotopic (exact) mass is 202 g/mol. The van der Waals surface area contributed by atoms with Gasteiger partial charge in [-0.25, -0.2) is 4.98 Å². The number of nitrogens with zero attached hydrogens (tertiary/aromatic N) is 1. The molecule has 0 fully saturated rings. The van der Waals surface area contributed by atoms with Crippen molar-refractivity contribution in [2.75, 3.05) is 12.3 Å². The smallest absolute Gasteiger partial charge is 0.292 e. The van der Waals surface area contributed by atoms with Gasteiger partial charge in [-0.1, -0.05) is 0 Å². The quantitative estimate of drug-likeness (QED) is 0.766. The number of benzene rings is 1. The molecular formula is C11H10N2O2. The Hall–Kier alpha value is -1.97. The maximum atomic E-state index is 5.43. The highest BCUT2D eigenvalue weighted by Crippen LogP contribution is 2.30. The largest absolute Gasteiger partial charge is 0.493 e. The van der Waals surface area contributed by atoms with Gasteiger partial charge in [-0.05, 0) is 23.8 Å². The van der Waals surface area contributed by atoms with Crippen LogP contribution in [0.5, 0.6) is 5.75 Å². The molecule has 76 valence electrons. The summed E-state index contributed by atoms with van der Waals surface area (Å²) in [5.41, 5.74) is 7.63. The highest BCUT2D eigenvalue weighted by Gasteiger charge is 2.13. The highest BCUT2D eigenvalue weighted by atomic mass is 16.5. The first-order valence-corrected chi connectivity index (χ1v) is 4.80. The van der Waals surface area contributed by atoms with Gasteiger partial charge in [-0.15, -0.1) is 0 Å². The van der Waals surface area contributed by atoms with Crippen LogP contribution in [0.1, 0.15) is 5.56 Å². The summed E-state index contributed by atoms with van der Waals surface area (Å²) in [7, 11) is 0. The van der Waals surface area contributed by atoms with E-state index in [9.17, 15) is 0 Å². The van der Waals surface area contributed by atoms with Gasteiger partial charge in [0.05, 0.1) is 12.8 Å². The Kier molecular flexibility index (Phi) is 1.68. The highest BCUT2D eigenvalue weighted by molar-refractivity contribution is 5.61. The van der Waals surface area contributed by atoms with Crippen molar-refractivity contribution in [3.8, 4) is 17.1 Å². The second kappa shape index (κ2) is 3.02.